The Morgan fingerprint density at radius 3 is 2.64 bits per heavy atom. The molecule has 0 aliphatic carbocycles. The van der Waals surface area contributed by atoms with Gasteiger partial charge in [-0.05, 0) is 19.4 Å². The maximum absolute atomic E-state index is 13.7. The highest BCUT2D eigenvalue weighted by molar-refractivity contribution is 5.49. The van der Waals surface area contributed by atoms with Gasteiger partial charge in [0.2, 0.25) is 0 Å². The lowest BCUT2D eigenvalue weighted by Gasteiger charge is -2.14. The van der Waals surface area contributed by atoms with E-state index in [-0.39, 0.29) is 11.9 Å². The van der Waals surface area contributed by atoms with E-state index in [1.165, 1.54) is 0 Å². The SMILES string of the molecule is CCC[C@@H](N)c1ccc(N)c(C)c1F. The fourth-order valence-electron chi connectivity index (χ4n) is 1.47. The average molecular weight is 196 g/mol. The first-order chi connectivity index (χ1) is 6.57. The van der Waals surface area contributed by atoms with Gasteiger partial charge < -0.3 is 11.5 Å². The van der Waals surface area contributed by atoms with Crippen LogP contribution in [0.4, 0.5) is 10.1 Å². The predicted molar refractivity (Wildman–Crippen MR) is 57.4 cm³/mol. The van der Waals surface area contributed by atoms with Crippen molar-refractivity contribution in [2.24, 2.45) is 5.73 Å². The molecule has 1 aromatic rings. The highest BCUT2D eigenvalue weighted by Crippen LogP contribution is 2.24. The Balaban J connectivity index is 3.04. The molecule has 1 atom stereocenters. The number of hydrogen-bond acceptors (Lipinski definition) is 2. The normalized spacial score (nSPS) is 12.9. The van der Waals surface area contributed by atoms with Crippen LogP contribution in [0, 0.1) is 12.7 Å². The van der Waals surface area contributed by atoms with Crippen molar-refractivity contribution in [3.63, 3.8) is 0 Å². The molecule has 0 saturated carbocycles. The quantitative estimate of drug-likeness (QED) is 0.730. The van der Waals surface area contributed by atoms with E-state index in [0.717, 1.165) is 12.8 Å². The summed E-state index contributed by atoms with van der Waals surface area (Å²) in [7, 11) is 0. The lowest BCUT2D eigenvalue weighted by atomic mass is 9.99. The minimum Gasteiger partial charge on any atom is -0.398 e. The lowest BCUT2D eigenvalue weighted by Crippen LogP contribution is -2.13. The van der Waals surface area contributed by atoms with Crippen molar-refractivity contribution in [3.05, 3.63) is 29.1 Å². The second-order valence-electron chi connectivity index (χ2n) is 3.58. The third-order valence-corrected chi connectivity index (χ3v) is 2.46. The van der Waals surface area contributed by atoms with Crippen LogP contribution in [0.2, 0.25) is 0 Å². The van der Waals surface area contributed by atoms with E-state index in [9.17, 15) is 4.39 Å². The van der Waals surface area contributed by atoms with Crippen molar-refractivity contribution < 1.29 is 4.39 Å². The summed E-state index contributed by atoms with van der Waals surface area (Å²) in [6, 6.07) is 3.17. The van der Waals surface area contributed by atoms with Gasteiger partial charge in [0.1, 0.15) is 5.82 Å². The predicted octanol–water partition coefficient (Wildman–Crippen LogP) is 2.52. The van der Waals surface area contributed by atoms with Crippen LogP contribution in [-0.2, 0) is 0 Å². The molecule has 78 valence electrons. The van der Waals surface area contributed by atoms with Crippen LogP contribution in [-0.4, -0.2) is 0 Å². The van der Waals surface area contributed by atoms with Crippen molar-refractivity contribution in [1.82, 2.24) is 0 Å². The molecule has 1 rings (SSSR count). The third-order valence-electron chi connectivity index (χ3n) is 2.46. The van der Waals surface area contributed by atoms with Crippen LogP contribution >= 0.6 is 0 Å². The minimum absolute atomic E-state index is 0.223. The van der Waals surface area contributed by atoms with Crippen molar-refractivity contribution in [2.75, 3.05) is 5.73 Å². The summed E-state index contributed by atoms with van der Waals surface area (Å²) in [6.07, 6.45) is 1.74. The van der Waals surface area contributed by atoms with E-state index >= 15 is 0 Å². The molecule has 0 bridgehead atoms. The van der Waals surface area contributed by atoms with Crippen molar-refractivity contribution in [1.29, 1.82) is 0 Å². The highest BCUT2D eigenvalue weighted by Gasteiger charge is 2.13. The van der Waals surface area contributed by atoms with E-state index < -0.39 is 0 Å². The second-order valence-corrected chi connectivity index (χ2v) is 3.58. The van der Waals surface area contributed by atoms with E-state index in [1.807, 2.05) is 6.92 Å². The molecular formula is C11H17FN2. The molecule has 0 fully saturated rings. The number of benzene rings is 1. The molecule has 0 radical (unpaired) electrons. The summed E-state index contributed by atoms with van der Waals surface area (Å²) >= 11 is 0. The van der Waals surface area contributed by atoms with Crippen LogP contribution in [0.5, 0.6) is 0 Å². The van der Waals surface area contributed by atoms with Gasteiger partial charge in [-0.2, -0.15) is 0 Å². The first-order valence-corrected chi connectivity index (χ1v) is 4.88. The number of anilines is 1. The Bertz CT molecular complexity index is 323. The van der Waals surface area contributed by atoms with Crippen LogP contribution in [0.15, 0.2) is 12.1 Å². The van der Waals surface area contributed by atoms with Gasteiger partial charge in [0.15, 0.2) is 0 Å². The largest absolute Gasteiger partial charge is 0.398 e. The summed E-state index contributed by atoms with van der Waals surface area (Å²) in [5.74, 6) is -0.258. The maximum atomic E-state index is 13.7. The van der Waals surface area contributed by atoms with Gasteiger partial charge in [-0.3, -0.25) is 0 Å². The Hall–Kier alpha value is -1.09. The lowest BCUT2D eigenvalue weighted by molar-refractivity contribution is 0.555. The summed E-state index contributed by atoms with van der Waals surface area (Å²) < 4.78 is 13.7. The summed E-state index contributed by atoms with van der Waals surface area (Å²) in [4.78, 5) is 0. The van der Waals surface area contributed by atoms with Gasteiger partial charge in [0, 0.05) is 22.9 Å². The number of nitrogens with two attached hydrogens (primary N) is 2. The first-order valence-electron chi connectivity index (χ1n) is 4.88. The molecule has 1 aromatic carbocycles. The number of nitrogen functional groups attached to an aromatic ring is 1. The summed E-state index contributed by atoms with van der Waals surface area (Å²) in [6.45, 7) is 3.70. The molecule has 2 nitrogen and oxygen atoms in total. The van der Waals surface area contributed by atoms with Crippen molar-refractivity contribution in [2.45, 2.75) is 32.7 Å². The Labute approximate surface area is 84.1 Å². The van der Waals surface area contributed by atoms with E-state index in [1.54, 1.807) is 19.1 Å². The maximum Gasteiger partial charge on any atom is 0.132 e. The third kappa shape index (κ3) is 2.04. The standard InChI is InChI=1S/C11H17FN2/c1-3-4-10(14)8-5-6-9(13)7(2)11(8)12/h5-6,10H,3-4,13-14H2,1-2H3/t10-/m1/s1. The topological polar surface area (TPSA) is 52.0 Å². The number of rotatable bonds is 3. The van der Waals surface area contributed by atoms with Crippen LogP contribution in [0.25, 0.3) is 0 Å². The first kappa shape index (κ1) is 11.0. The zero-order valence-corrected chi connectivity index (χ0v) is 8.68. The van der Waals surface area contributed by atoms with Crippen LogP contribution in [0.1, 0.15) is 36.9 Å². The molecule has 3 heteroatoms. The molecule has 0 unspecified atom stereocenters. The molecule has 0 amide bonds. The fourth-order valence-corrected chi connectivity index (χ4v) is 1.47. The molecule has 14 heavy (non-hydrogen) atoms. The van der Waals surface area contributed by atoms with Gasteiger partial charge >= 0.3 is 0 Å². The van der Waals surface area contributed by atoms with Gasteiger partial charge in [0.25, 0.3) is 0 Å². The number of hydrogen-bond donors (Lipinski definition) is 2. The number of halogens is 1. The highest BCUT2D eigenvalue weighted by atomic mass is 19.1. The fraction of sp³-hybridized carbons (Fsp3) is 0.455. The molecule has 0 saturated heterocycles. The van der Waals surface area contributed by atoms with Gasteiger partial charge in [-0.25, -0.2) is 4.39 Å². The van der Waals surface area contributed by atoms with Gasteiger partial charge in [0.05, 0.1) is 0 Å². The van der Waals surface area contributed by atoms with Crippen LogP contribution in [0.3, 0.4) is 0 Å². The molecule has 0 heterocycles. The summed E-state index contributed by atoms with van der Waals surface area (Å²) in [5, 5.41) is 0. The molecule has 0 aliphatic rings. The van der Waals surface area contributed by atoms with Gasteiger partial charge in [-0.15, -0.1) is 0 Å². The zero-order chi connectivity index (χ0) is 10.7. The molecular weight excluding hydrogens is 179 g/mol. The van der Waals surface area contributed by atoms with Crippen LogP contribution < -0.4 is 11.5 Å². The summed E-state index contributed by atoms with van der Waals surface area (Å²) in [5.41, 5.74) is 13.0. The molecule has 0 spiro atoms. The zero-order valence-electron chi connectivity index (χ0n) is 8.68. The van der Waals surface area contributed by atoms with Gasteiger partial charge in [-0.1, -0.05) is 19.4 Å². The minimum atomic E-state index is -0.258. The van der Waals surface area contributed by atoms with Crippen molar-refractivity contribution >= 4 is 5.69 Å². The monoisotopic (exact) mass is 196 g/mol. The Morgan fingerprint density at radius 2 is 2.07 bits per heavy atom. The smallest absolute Gasteiger partial charge is 0.132 e. The second kappa shape index (κ2) is 4.42. The molecule has 4 N–H and O–H groups in total. The van der Waals surface area contributed by atoms with E-state index in [2.05, 4.69) is 0 Å². The van der Waals surface area contributed by atoms with E-state index in [0.29, 0.717) is 16.8 Å². The molecule has 0 aromatic heterocycles. The van der Waals surface area contributed by atoms with E-state index in [4.69, 9.17) is 11.5 Å². The Morgan fingerprint density at radius 1 is 1.43 bits per heavy atom. The Kier molecular flexibility index (Phi) is 3.47. The van der Waals surface area contributed by atoms with Crippen molar-refractivity contribution in [3.8, 4) is 0 Å². The molecule has 0 aliphatic heterocycles. The average Bonchev–Trinajstić information content (AvgIpc) is 2.15.